The van der Waals surface area contributed by atoms with Crippen molar-refractivity contribution in [3.63, 3.8) is 0 Å². The van der Waals surface area contributed by atoms with Gasteiger partial charge in [-0.2, -0.15) is 0 Å². The number of fused-ring (bicyclic) bond motifs is 1. The minimum atomic E-state index is -0.0306. The lowest BCUT2D eigenvalue weighted by Crippen LogP contribution is -2.12. The molecule has 3 atom stereocenters. The molecule has 2 heterocycles. The van der Waals surface area contributed by atoms with Crippen molar-refractivity contribution < 1.29 is 9.53 Å². The lowest BCUT2D eigenvalue weighted by atomic mass is 10.1. The summed E-state index contributed by atoms with van der Waals surface area (Å²) < 4.78 is 4.89. The van der Waals surface area contributed by atoms with Gasteiger partial charge in [0.25, 0.3) is 0 Å². The van der Waals surface area contributed by atoms with Crippen LogP contribution in [0.15, 0.2) is 0 Å². The quantitative estimate of drug-likeness (QED) is 0.462. The summed E-state index contributed by atoms with van der Waals surface area (Å²) in [6.07, 6.45) is 3.20. The Morgan fingerprint density at radius 2 is 2.50 bits per heavy atom. The molecule has 68 valence electrons. The van der Waals surface area contributed by atoms with Gasteiger partial charge in [0.15, 0.2) is 0 Å². The zero-order chi connectivity index (χ0) is 8.55. The van der Waals surface area contributed by atoms with Crippen LogP contribution in [0.4, 0.5) is 0 Å². The molecule has 2 aliphatic heterocycles. The zero-order valence-corrected chi connectivity index (χ0v) is 7.45. The Morgan fingerprint density at radius 1 is 1.67 bits per heavy atom. The Labute approximate surface area is 72.7 Å². The fourth-order valence-corrected chi connectivity index (χ4v) is 2.21. The van der Waals surface area contributed by atoms with Crippen LogP contribution in [-0.4, -0.2) is 36.1 Å². The summed E-state index contributed by atoms with van der Waals surface area (Å²) in [5.74, 6) is -0.0306. The summed E-state index contributed by atoms with van der Waals surface area (Å²) in [5.41, 5.74) is 0. The summed E-state index contributed by atoms with van der Waals surface area (Å²) in [6, 6.07) is 1.24. The highest BCUT2D eigenvalue weighted by atomic mass is 16.5. The van der Waals surface area contributed by atoms with Crippen LogP contribution in [0, 0.1) is 0 Å². The van der Waals surface area contributed by atoms with Crippen LogP contribution in [0.25, 0.3) is 0 Å². The largest absolute Gasteiger partial charge is 0.466 e. The molecule has 12 heavy (non-hydrogen) atoms. The van der Waals surface area contributed by atoms with Crippen LogP contribution >= 0.6 is 0 Å². The van der Waals surface area contributed by atoms with Gasteiger partial charge in [-0.3, -0.25) is 9.69 Å². The SMILES string of the molecule is CCOC(=O)CC1C2CCCN21. The number of rotatable bonds is 3. The van der Waals surface area contributed by atoms with Crippen LogP contribution in [0.3, 0.4) is 0 Å². The number of nitrogens with zero attached hydrogens (tertiary/aromatic N) is 1. The molecule has 2 aliphatic rings. The summed E-state index contributed by atoms with van der Waals surface area (Å²) >= 11 is 0. The number of hydrogen-bond donors (Lipinski definition) is 0. The molecule has 3 heteroatoms. The Morgan fingerprint density at radius 3 is 3.08 bits per heavy atom. The first-order chi connectivity index (χ1) is 5.83. The smallest absolute Gasteiger partial charge is 0.307 e. The fraction of sp³-hybridized carbons (Fsp3) is 0.889. The molecule has 3 nitrogen and oxygen atoms in total. The summed E-state index contributed by atoms with van der Waals surface area (Å²) in [7, 11) is 0. The van der Waals surface area contributed by atoms with E-state index in [0.717, 1.165) is 6.04 Å². The molecule has 0 radical (unpaired) electrons. The minimum absolute atomic E-state index is 0.0306. The van der Waals surface area contributed by atoms with Gasteiger partial charge in [0.2, 0.25) is 0 Å². The monoisotopic (exact) mass is 169 g/mol. The second-order valence-corrected chi connectivity index (χ2v) is 3.52. The molecule has 0 aromatic carbocycles. The van der Waals surface area contributed by atoms with Crippen LogP contribution in [0.5, 0.6) is 0 Å². The molecule has 0 spiro atoms. The Balaban J connectivity index is 1.72. The van der Waals surface area contributed by atoms with E-state index >= 15 is 0 Å². The van der Waals surface area contributed by atoms with E-state index in [1.165, 1.54) is 19.4 Å². The number of carbonyl (C=O) groups excluding carboxylic acids is 1. The molecule has 0 aromatic rings. The molecule has 0 aliphatic carbocycles. The highest BCUT2D eigenvalue weighted by molar-refractivity contribution is 5.70. The summed E-state index contributed by atoms with van der Waals surface area (Å²) in [5, 5.41) is 0. The van der Waals surface area contributed by atoms with Crippen molar-refractivity contribution in [2.75, 3.05) is 13.2 Å². The molecule has 2 saturated heterocycles. The molecule has 2 rings (SSSR count). The predicted octanol–water partition coefficient (Wildman–Crippen LogP) is 0.786. The number of hydrogen-bond acceptors (Lipinski definition) is 3. The number of esters is 1. The third kappa shape index (κ3) is 1.33. The van der Waals surface area contributed by atoms with Crippen LogP contribution < -0.4 is 0 Å². The average molecular weight is 169 g/mol. The first-order valence-corrected chi connectivity index (χ1v) is 4.74. The van der Waals surface area contributed by atoms with E-state index in [-0.39, 0.29) is 5.97 Å². The molecular weight excluding hydrogens is 154 g/mol. The maximum atomic E-state index is 11.1. The van der Waals surface area contributed by atoms with Gasteiger partial charge in [-0.1, -0.05) is 0 Å². The van der Waals surface area contributed by atoms with Crippen molar-refractivity contribution >= 4 is 5.97 Å². The van der Waals surface area contributed by atoms with Crippen molar-refractivity contribution in [3.05, 3.63) is 0 Å². The molecule has 2 fully saturated rings. The molecule has 0 saturated carbocycles. The predicted molar refractivity (Wildman–Crippen MR) is 44.8 cm³/mol. The first kappa shape index (κ1) is 8.05. The molecule has 0 N–H and O–H groups in total. The fourth-order valence-electron chi connectivity index (χ4n) is 2.21. The highest BCUT2D eigenvalue weighted by Crippen LogP contribution is 2.39. The number of carbonyl (C=O) groups is 1. The van der Waals surface area contributed by atoms with Gasteiger partial charge in [-0.05, 0) is 26.3 Å². The van der Waals surface area contributed by atoms with Gasteiger partial charge >= 0.3 is 5.97 Å². The maximum absolute atomic E-state index is 11.1. The maximum Gasteiger partial charge on any atom is 0.307 e. The Hall–Kier alpha value is -0.570. The molecular formula is C9H15NO2. The summed E-state index contributed by atoms with van der Waals surface area (Å²) in [4.78, 5) is 13.5. The third-order valence-electron chi connectivity index (χ3n) is 2.80. The van der Waals surface area contributed by atoms with Crippen molar-refractivity contribution in [2.24, 2.45) is 0 Å². The Bertz CT molecular complexity index is 183. The van der Waals surface area contributed by atoms with Crippen molar-refractivity contribution in [1.82, 2.24) is 4.90 Å². The van der Waals surface area contributed by atoms with Gasteiger partial charge in [-0.25, -0.2) is 0 Å². The number of ether oxygens (including phenoxy) is 1. The van der Waals surface area contributed by atoms with Crippen molar-refractivity contribution in [1.29, 1.82) is 0 Å². The standard InChI is InChI=1S/C9H15NO2/c1-2-12-9(11)6-8-7-4-3-5-10(7)8/h7-8H,2-6H2,1H3. The second-order valence-electron chi connectivity index (χ2n) is 3.52. The van der Waals surface area contributed by atoms with E-state index in [1.807, 2.05) is 6.92 Å². The van der Waals surface area contributed by atoms with E-state index in [1.54, 1.807) is 0 Å². The van der Waals surface area contributed by atoms with Crippen molar-refractivity contribution in [3.8, 4) is 0 Å². The topological polar surface area (TPSA) is 29.3 Å². The molecule has 0 amide bonds. The number of piperidine rings is 1. The average Bonchev–Trinajstić information content (AvgIpc) is 2.51. The van der Waals surface area contributed by atoms with Gasteiger partial charge < -0.3 is 4.74 Å². The van der Waals surface area contributed by atoms with Gasteiger partial charge in [0.1, 0.15) is 0 Å². The van der Waals surface area contributed by atoms with Crippen LogP contribution in [0.2, 0.25) is 0 Å². The lowest BCUT2D eigenvalue weighted by molar-refractivity contribution is -0.143. The van der Waals surface area contributed by atoms with Gasteiger partial charge in [0.05, 0.1) is 13.0 Å². The van der Waals surface area contributed by atoms with E-state index in [0.29, 0.717) is 19.1 Å². The van der Waals surface area contributed by atoms with E-state index in [2.05, 4.69) is 4.90 Å². The van der Waals surface area contributed by atoms with Crippen LogP contribution in [-0.2, 0) is 9.53 Å². The second kappa shape index (κ2) is 3.05. The van der Waals surface area contributed by atoms with E-state index < -0.39 is 0 Å². The normalized spacial score (nSPS) is 37.6. The van der Waals surface area contributed by atoms with E-state index in [9.17, 15) is 4.79 Å². The Kier molecular flexibility index (Phi) is 2.05. The third-order valence-corrected chi connectivity index (χ3v) is 2.80. The first-order valence-electron chi connectivity index (χ1n) is 4.74. The van der Waals surface area contributed by atoms with Crippen LogP contribution in [0.1, 0.15) is 26.2 Å². The molecule has 3 unspecified atom stereocenters. The lowest BCUT2D eigenvalue weighted by Gasteiger charge is -2.02. The highest BCUT2D eigenvalue weighted by Gasteiger charge is 2.50. The molecule has 0 bridgehead atoms. The summed E-state index contributed by atoms with van der Waals surface area (Å²) in [6.45, 7) is 3.55. The van der Waals surface area contributed by atoms with Gasteiger partial charge in [-0.15, -0.1) is 0 Å². The zero-order valence-electron chi connectivity index (χ0n) is 7.45. The molecule has 0 aromatic heterocycles. The van der Waals surface area contributed by atoms with E-state index in [4.69, 9.17) is 4.74 Å². The van der Waals surface area contributed by atoms with Gasteiger partial charge in [0, 0.05) is 12.1 Å². The van der Waals surface area contributed by atoms with Crippen molar-refractivity contribution in [2.45, 2.75) is 38.3 Å². The minimum Gasteiger partial charge on any atom is -0.466 e.